The SMILES string of the molecule is C=Cc1ccc2c(c1)c([N+](=O)[O-])nn2C(c1ccccc1)(c1ccccc1)c1ccccc1. The number of hydrogen-bond donors (Lipinski definition) is 0. The molecule has 0 fully saturated rings. The third-order valence-electron chi connectivity index (χ3n) is 5.99. The van der Waals surface area contributed by atoms with Gasteiger partial charge in [-0.15, -0.1) is 0 Å². The summed E-state index contributed by atoms with van der Waals surface area (Å²) >= 11 is 0. The number of benzene rings is 4. The summed E-state index contributed by atoms with van der Waals surface area (Å²) in [6.07, 6.45) is 1.68. The van der Waals surface area contributed by atoms with Crippen molar-refractivity contribution in [2.24, 2.45) is 0 Å². The Morgan fingerprint density at radius 1 is 0.788 bits per heavy atom. The smallest absolute Gasteiger partial charge is 0.358 e. The summed E-state index contributed by atoms with van der Waals surface area (Å²) in [6.45, 7) is 3.81. The summed E-state index contributed by atoms with van der Waals surface area (Å²) in [4.78, 5) is 11.6. The molecule has 5 heteroatoms. The minimum Gasteiger partial charge on any atom is -0.358 e. The Balaban J connectivity index is 2.00. The van der Waals surface area contributed by atoms with Crippen molar-refractivity contribution < 1.29 is 4.92 Å². The third-order valence-corrected chi connectivity index (χ3v) is 5.99. The largest absolute Gasteiger partial charge is 0.397 e. The standard InChI is InChI=1S/C28H21N3O2/c1-2-21-18-19-26-25(20-21)27(31(32)33)29-30(26)28(22-12-6-3-7-13-22,23-14-8-4-9-15-23)24-16-10-5-11-17-24/h2-20H,1H2. The quantitative estimate of drug-likeness (QED) is 0.177. The lowest BCUT2D eigenvalue weighted by molar-refractivity contribution is -0.388. The van der Waals surface area contributed by atoms with Crippen LogP contribution in [0.1, 0.15) is 22.3 Å². The van der Waals surface area contributed by atoms with Gasteiger partial charge in [0, 0.05) is 0 Å². The monoisotopic (exact) mass is 431 g/mol. The number of nitrogens with zero attached hydrogens (tertiary/aromatic N) is 3. The van der Waals surface area contributed by atoms with Gasteiger partial charge in [-0.3, -0.25) is 0 Å². The maximum Gasteiger partial charge on any atom is 0.397 e. The minimum absolute atomic E-state index is 0.180. The van der Waals surface area contributed by atoms with Crippen molar-refractivity contribution in [2.45, 2.75) is 5.54 Å². The van der Waals surface area contributed by atoms with Crippen LogP contribution in [0.3, 0.4) is 0 Å². The van der Waals surface area contributed by atoms with Crippen molar-refractivity contribution in [3.8, 4) is 0 Å². The molecular formula is C28H21N3O2. The van der Waals surface area contributed by atoms with E-state index in [9.17, 15) is 10.1 Å². The average molecular weight is 431 g/mol. The van der Waals surface area contributed by atoms with E-state index in [1.807, 2.05) is 103 Å². The van der Waals surface area contributed by atoms with Crippen LogP contribution in [0.15, 0.2) is 116 Å². The van der Waals surface area contributed by atoms with Crippen molar-refractivity contribution >= 4 is 22.8 Å². The van der Waals surface area contributed by atoms with Crippen LogP contribution in [0.4, 0.5) is 5.82 Å². The zero-order valence-electron chi connectivity index (χ0n) is 17.8. The second-order valence-corrected chi connectivity index (χ2v) is 7.78. The fourth-order valence-corrected chi connectivity index (χ4v) is 4.54. The van der Waals surface area contributed by atoms with Crippen LogP contribution in [0.5, 0.6) is 0 Å². The Hall–Kier alpha value is -4.51. The van der Waals surface area contributed by atoms with E-state index in [-0.39, 0.29) is 5.82 Å². The highest BCUT2D eigenvalue weighted by molar-refractivity contribution is 5.90. The third kappa shape index (κ3) is 3.22. The zero-order valence-corrected chi connectivity index (χ0v) is 17.8. The van der Waals surface area contributed by atoms with Crippen LogP contribution in [0.2, 0.25) is 0 Å². The van der Waals surface area contributed by atoms with E-state index in [0.717, 1.165) is 22.3 Å². The highest BCUT2D eigenvalue weighted by Gasteiger charge is 2.44. The summed E-state index contributed by atoms with van der Waals surface area (Å²) in [5, 5.41) is 17.2. The highest BCUT2D eigenvalue weighted by Crippen LogP contribution is 2.43. The van der Waals surface area contributed by atoms with Crippen LogP contribution in [-0.4, -0.2) is 14.7 Å². The number of hydrogen-bond acceptors (Lipinski definition) is 3. The van der Waals surface area contributed by atoms with Gasteiger partial charge in [-0.25, -0.2) is 0 Å². The first-order valence-electron chi connectivity index (χ1n) is 10.6. The van der Waals surface area contributed by atoms with Gasteiger partial charge in [0.2, 0.25) is 0 Å². The summed E-state index contributed by atoms with van der Waals surface area (Å²) < 4.78 is 1.80. The first-order chi connectivity index (χ1) is 16.2. The molecule has 0 radical (unpaired) electrons. The Morgan fingerprint density at radius 2 is 1.27 bits per heavy atom. The van der Waals surface area contributed by atoms with E-state index in [1.54, 1.807) is 16.8 Å². The molecule has 160 valence electrons. The lowest BCUT2D eigenvalue weighted by Crippen LogP contribution is -2.38. The molecule has 5 nitrogen and oxygen atoms in total. The van der Waals surface area contributed by atoms with E-state index >= 15 is 0 Å². The van der Waals surface area contributed by atoms with E-state index in [0.29, 0.717) is 10.9 Å². The van der Waals surface area contributed by atoms with Gasteiger partial charge >= 0.3 is 5.82 Å². The Labute approximate surface area is 191 Å². The van der Waals surface area contributed by atoms with Crippen molar-refractivity contribution in [1.82, 2.24) is 9.78 Å². The normalized spacial score (nSPS) is 11.4. The van der Waals surface area contributed by atoms with Crippen LogP contribution >= 0.6 is 0 Å². The van der Waals surface area contributed by atoms with Crippen LogP contribution < -0.4 is 0 Å². The van der Waals surface area contributed by atoms with Gasteiger partial charge in [-0.2, -0.15) is 4.68 Å². The first kappa shape index (κ1) is 20.4. The predicted octanol–water partition coefficient (Wildman–Crippen LogP) is 6.43. The van der Waals surface area contributed by atoms with Crippen LogP contribution in [0.25, 0.3) is 17.0 Å². The predicted molar refractivity (Wildman–Crippen MR) is 131 cm³/mol. The molecule has 0 aliphatic heterocycles. The fraction of sp³-hybridized carbons (Fsp3) is 0.0357. The highest BCUT2D eigenvalue weighted by atomic mass is 16.6. The fourth-order valence-electron chi connectivity index (χ4n) is 4.54. The minimum atomic E-state index is -0.925. The second-order valence-electron chi connectivity index (χ2n) is 7.78. The van der Waals surface area contributed by atoms with Gasteiger partial charge in [0.15, 0.2) is 5.54 Å². The molecule has 0 bridgehead atoms. The zero-order chi connectivity index (χ0) is 22.8. The lowest BCUT2D eigenvalue weighted by atomic mass is 9.77. The molecule has 0 aliphatic carbocycles. The van der Waals surface area contributed by atoms with E-state index in [1.165, 1.54) is 0 Å². The van der Waals surface area contributed by atoms with Gasteiger partial charge < -0.3 is 10.1 Å². The molecule has 4 aromatic carbocycles. The molecule has 5 rings (SSSR count). The number of rotatable bonds is 6. The Kier molecular flexibility index (Phi) is 5.07. The van der Waals surface area contributed by atoms with Crippen molar-refractivity contribution in [3.05, 3.63) is 148 Å². The second kappa shape index (κ2) is 8.20. The molecule has 1 aromatic heterocycles. The summed E-state index contributed by atoms with van der Waals surface area (Å²) in [5.41, 5.74) is 3.41. The summed E-state index contributed by atoms with van der Waals surface area (Å²) in [5.74, 6) is -0.180. The number of aromatic nitrogens is 2. The van der Waals surface area contributed by atoms with E-state index in [4.69, 9.17) is 0 Å². The topological polar surface area (TPSA) is 61.0 Å². The molecule has 0 spiro atoms. The molecule has 0 atom stereocenters. The van der Waals surface area contributed by atoms with Crippen LogP contribution in [-0.2, 0) is 5.54 Å². The number of fused-ring (bicyclic) bond motifs is 1. The molecule has 0 saturated carbocycles. The summed E-state index contributed by atoms with van der Waals surface area (Å²) in [6, 6.07) is 35.6. The summed E-state index contributed by atoms with van der Waals surface area (Å²) in [7, 11) is 0. The number of nitro groups is 1. The van der Waals surface area contributed by atoms with Crippen molar-refractivity contribution in [1.29, 1.82) is 0 Å². The van der Waals surface area contributed by atoms with Gasteiger partial charge in [-0.05, 0) is 39.3 Å². The molecule has 33 heavy (non-hydrogen) atoms. The maximum absolute atomic E-state index is 12.1. The molecule has 0 amide bonds. The first-order valence-corrected chi connectivity index (χ1v) is 10.6. The molecule has 5 aromatic rings. The molecule has 0 saturated heterocycles. The molecule has 0 N–H and O–H groups in total. The van der Waals surface area contributed by atoms with E-state index < -0.39 is 10.5 Å². The Bertz CT molecular complexity index is 1350. The molecule has 0 unspecified atom stereocenters. The molecule has 1 heterocycles. The van der Waals surface area contributed by atoms with Gasteiger partial charge in [0.05, 0.1) is 10.6 Å². The van der Waals surface area contributed by atoms with Crippen molar-refractivity contribution in [3.63, 3.8) is 0 Å². The molecule has 0 aliphatic rings. The van der Waals surface area contributed by atoms with Crippen LogP contribution in [0, 0.1) is 10.1 Å². The lowest BCUT2D eigenvalue weighted by Gasteiger charge is -2.34. The van der Waals surface area contributed by atoms with Gasteiger partial charge in [0.25, 0.3) is 0 Å². The van der Waals surface area contributed by atoms with Crippen molar-refractivity contribution in [2.75, 3.05) is 0 Å². The van der Waals surface area contributed by atoms with Gasteiger partial charge in [-0.1, -0.05) is 110 Å². The van der Waals surface area contributed by atoms with E-state index in [2.05, 4.69) is 11.7 Å². The van der Waals surface area contributed by atoms with Gasteiger partial charge in [0.1, 0.15) is 5.39 Å². The average Bonchev–Trinajstić information content (AvgIpc) is 3.26. The molecular weight excluding hydrogens is 410 g/mol. The maximum atomic E-state index is 12.1. The Morgan fingerprint density at radius 3 is 1.70 bits per heavy atom.